The number of carbonyl (C=O) groups is 2. The van der Waals surface area contributed by atoms with Gasteiger partial charge in [-0.3, -0.25) is 13.9 Å². The molecular weight excluding hydrogens is 581 g/mol. The third-order valence-electron chi connectivity index (χ3n) is 6.06. The fourth-order valence-electron chi connectivity index (χ4n) is 3.79. The van der Waals surface area contributed by atoms with E-state index in [1.54, 1.807) is 49.4 Å². The summed E-state index contributed by atoms with van der Waals surface area (Å²) >= 11 is 18.3. The minimum Gasteiger partial charge on any atom is -0.354 e. The number of halogens is 3. The first-order valence-electron chi connectivity index (χ1n) is 12.4. The zero-order valence-electron chi connectivity index (χ0n) is 21.6. The maximum Gasteiger partial charge on any atom is 0.264 e. The van der Waals surface area contributed by atoms with Crippen LogP contribution < -0.4 is 9.62 Å². The molecule has 2 amide bonds. The van der Waals surface area contributed by atoms with Gasteiger partial charge in [0, 0.05) is 18.1 Å². The molecule has 1 atom stereocenters. The Morgan fingerprint density at radius 3 is 2.21 bits per heavy atom. The number of nitrogens with zero attached hydrogens (tertiary/aromatic N) is 2. The van der Waals surface area contributed by atoms with Crippen molar-refractivity contribution < 1.29 is 18.0 Å². The van der Waals surface area contributed by atoms with E-state index in [0.29, 0.717) is 11.6 Å². The van der Waals surface area contributed by atoms with E-state index in [0.717, 1.165) is 22.7 Å². The van der Waals surface area contributed by atoms with Gasteiger partial charge in [0.25, 0.3) is 10.0 Å². The van der Waals surface area contributed by atoms with E-state index in [4.69, 9.17) is 34.8 Å². The van der Waals surface area contributed by atoms with E-state index >= 15 is 0 Å². The van der Waals surface area contributed by atoms with Crippen LogP contribution in [0.5, 0.6) is 0 Å². The quantitative estimate of drug-likeness (QED) is 0.248. The molecule has 0 heterocycles. The molecule has 0 aliphatic carbocycles. The lowest BCUT2D eigenvalue weighted by atomic mass is 10.1. The van der Waals surface area contributed by atoms with Gasteiger partial charge in [-0.05, 0) is 61.4 Å². The molecule has 0 radical (unpaired) electrons. The van der Waals surface area contributed by atoms with Crippen molar-refractivity contribution in [1.82, 2.24) is 10.2 Å². The van der Waals surface area contributed by atoms with Gasteiger partial charge in [0.05, 0.1) is 20.6 Å². The lowest BCUT2D eigenvalue weighted by Crippen LogP contribution is -2.51. The molecule has 0 aliphatic heterocycles. The Kier molecular flexibility index (Phi) is 11.1. The smallest absolute Gasteiger partial charge is 0.264 e. The molecule has 7 nitrogen and oxygen atoms in total. The van der Waals surface area contributed by atoms with Crippen LogP contribution in [0.3, 0.4) is 0 Å². The minimum atomic E-state index is -4.19. The van der Waals surface area contributed by atoms with Gasteiger partial charge in [0.1, 0.15) is 12.6 Å². The molecule has 0 aliphatic rings. The van der Waals surface area contributed by atoms with Crippen molar-refractivity contribution in [3.8, 4) is 0 Å². The summed E-state index contributed by atoms with van der Waals surface area (Å²) < 4.78 is 28.5. The zero-order valence-corrected chi connectivity index (χ0v) is 24.7. The summed E-state index contributed by atoms with van der Waals surface area (Å²) in [6, 6.07) is 18.1. The Morgan fingerprint density at radius 1 is 0.923 bits per heavy atom. The summed E-state index contributed by atoms with van der Waals surface area (Å²) in [4.78, 5) is 28.2. The topological polar surface area (TPSA) is 86.8 Å². The molecule has 3 aromatic rings. The first-order chi connectivity index (χ1) is 18.5. The lowest BCUT2D eigenvalue weighted by molar-refractivity contribution is -0.139. The van der Waals surface area contributed by atoms with E-state index in [2.05, 4.69) is 5.32 Å². The van der Waals surface area contributed by atoms with Crippen LogP contribution in [0.15, 0.2) is 77.7 Å². The van der Waals surface area contributed by atoms with Crippen LogP contribution in [0.2, 0.25) is 15.1 Å². The zero-order chi connectivity index (χ0) is 28.6. The Balaban J connectivity index is 2.00. The van der Waals surface area contributed by atoms with E-state index in [1.807, 2.05) is 6.92 Å². The highest BCUT2D eigenvalue weighted by atomic mass is 35.5. The molecule has 0 unspecified atom stereocenters. The number of rotatable bonds is 12. The number of amides is 2. The molecule has 0 saturated heterocycles. The summed E-state index contributed by atoms with van der Waals surface area (Å²) in [5.74, 6) is -0.911. The molecule has 1 N–H and O–H groups in total. The number of unbranched alkanes of at least 4 members (excludes halogenated alkanes) is 1. The van der Waals surface area contributed by atoms with Crippen molar-refractivity contribution in [2.45, 2.75) is 44.2 Å². The Bertz CT molecular complexity index is 1390. The number of hydrogen-bond acceptors (Lipinski definition) is 4. The summed E-state index contributed by atoms with van der Waals surface area (Å²) in [5, 5.41) is 3.76. The number of hydrogen-bond donors (Lipinski definition) is 1. The largest absolute Gasteiger partial charge is 0.354 e. The maximum absolute atomic E-state index is 13.9. The van der Waals surface area contributed by atoms with Gasteiger partial charge in [-0.2, -0.15) is 0 Å². The molecular formula is C28H30Cl3N3O4S. The molecule has 3 aromatic carbocycles. The number of carbonyl (C=O) groups excluding carboxylic acids is 2. The van der Waals surface area contributed by atoms with Crippen molar-refractivity contribution in [2.24, 2.45) is 0 Å². The molecule has 0 aromatic heterocycles. The van der Waals surface area contributed by atoms with Gasteiger partial charge >= 0.3 is 0 Å². The van der Waals surface area contributed by atoms with E-state index in [1.165, 1.54) is 35.2 Å². The lowest BCUT2D eigenvalue weighted by Gasteiger charge is -2.32. The maximum atomic E-state index is 13.9. The first kappa shape index (κ1) is 30.8. The van der Waals surface area contributed by atoms with Gasteiger partial charge in [-0.25, -0.2) is 8.42 Å². The highest BCUT2D eigenvalue weighted by Gasteiger charge is 2.32. The summed E-state index contributed by atoms with van der Waals surface area (Å²) in [5.41, 5.74) is 0.890. The van der Waals surface area contributed by atoms with Crippen LogP contribution >= 0.6 is 34.8 Å². The van der Waals surface area contributed by atoms with Gasteiger partial charge in [-0.15, -0.1) is 0 Å². The number of anilines is 1. The second kappa shape index (κ2) is 14.0. The summed E-state index contributed by atoms with van der Waals surface area (Å²) in [6.07, 6.45) is 1.70. The van der Waals surface area contributed by atoms with Crippen molar-refractivity contribution >= 4 is 62.3 Å². The molecule has 208 valence electrons. The summed E-state index contributed by atoms with van der Waals surface area (Å²) in [6.45, 7) is 3.59. The van der Waals surface area contributed by atoms with Crippen molar-refractivity contribution in [3.63, 3.8) is 0 Å². The van der Waals surface area contributed by atoms with Gasteiger partial charge in [0.2, 0.25) is 11.8 Å². The number of nitrogens with one attached hydrogen (secondary N) is 1. The van der Waals surface area contributed by atoms with Crippen LogP contribution in [-0.4, -0.2) is 44.3 Å². The predicted molar refractivity (Wildman–Crippen MR) is 157 cm³/mol. The highest BCUT2D eigenvalue weighted by Crippen LogP contribution is 2.31. The normalized spacial score (nSPS) is 12.0. The first-order valence-corrected chi connectivity index (χ1v) is 15.0. The Hall–Kier alpha value is -2.78. The highest BCUT2D eigenvalue weighted by molar-refractivity contribution is 7.92. The van der Waals surface area contributed by atoms with Crippen LogP contribution in [-0.2, 0) is 26.2 Å². The second-order valence-corrected chi connectivity index (χ2v) is 12.0. The molecule has 0 bridgehead atoms. The summed E-state index contributed by atoms with van der Waals surface area (Å²) in [7, 11) is -4.19. The van der Waals surface area contributed by atoms with Crippen LogP contribution in [0.1, 0.15) is 32.3 Å². The fourth-order valence-corrected chi connectivity index (χ4v) is 5.64. The van der Waals surface area contributed by atoms with Crippen molar-refractivity contribution in [2.75, 3.05) is 17.4 Å². The average molecular weight is 611 g/mol. The third-order valence-corrected chi connectivity index (χ3v) is 8.84. The SMILES string of the molecule is CCCCNC(=O)[C@H](C)N(Cc1ccc(Cl)cc1)C(=O)CN(c1ccc(Cl)c(Cl)c1)S(=O)(=O)c1ccccc1. The van der Waals surface area contributed by atoms with Crippen LogP contribution in [0, 0.1) is 0 Å². The number of benzene rings is 3. The molecule has 3 rings (SSSR count). The van der Waals surface area contributed by atoms with Gasteiger partial charge in [-0.1, -0.05) is 78.5 Å². The molecule has 0 fully saturated rings. The van der Waals surface area contributed by atoms with E-state index in [-0.39, 0.29) is 33.1 Å². The number of sulfonamides is 1. The Labute approximate surface area is 244 Å². The predicted octanol–water partition coefficient (Wildman–Crippen LogP) is 6.18. The van der Waals surface area contributed by atoms with Gasteiger partial charge in [0.15, 0.2) is 0 Å². The van der Waals surface area contributed by atoms with Crippen molar-refractivity contribution in [1.29, 1.82) is 0 Å². The minimum absolute atomic E-state index is 0.00141. The molecule has 39 heavy (non-hydrogen) atoms. The monoisotopic (exact) mass is 609 g/mol. The van der Waals surface area contributed by atoms with E-state index in [9.17, 15) is 18.0 Å². The van der Waals surface area contributed by atoms with Crippen LogP contribution in [0.25, 0.3) is 0 Å². The second-order valence-electron chi connectivity index (χ2n) is 8.89. The molecule has 0 saturated carbocycles. The van der Waals surface area contributed by atoms with Crippen LogP contribution in [0.4, 0.5) is 5.69 Å². The fraction of sp³-hybridized carbons (Fsp3) is 0.286. The van der Waals surface area contributed by atoms with E-state index < -0.39 is 28.5 Å². The average Bonchev–Trinajstić information content (AvgIpc) is 2.93. The van der Waals surface area contributed by atoms with Gasteiger partial charge < -0.3 is 10.2 Å². The Morgan fingerprint density at radius 2 is 1.59 bits per heavy atom. The standard InChI is InChI=1S/C28H30Cl3N3O4S/c1-3-4-16-32-28(36)20(2)33(18-21-10-12-22(29)13-11-21)27(35)19-34(23-14-15-25(30)26(31)17-23)39(37,38)24-8-6-5-7-9-24/h5-15,17,20H,3-4,16,18-19H2,1-2H3,(H,32,36)/t20-/m0/s1. The third kappa shape index (κ3) is 8.11. The molecule has 0 spiro atoms. The van der Waals surface area contributed by atoms with Crippen molar-refractivity contribution in [3.05, 3.63) is 93.4 Å². The molecule has 11 heteroatoms.